The fourth-order valence-electron chi connectivity index (χ4n) is 3.06. The van der Waals surface area contributed by atoms with Gasteiger partial charge >= 0.3 is 0 Å². The van der Waals surface area contributed by atoms with E-state index in [1.807, 2.05) is 36.4 Å². The maximum absolute atomic E-state index is 13.8. The monoisotopic (exact) mass is 355 g/mol. The van der Waals surface area contributed by atoms with Crippen molar-refractivity contribution in [3.05, 3.63) is 53.8 Å². The summed E-state index contributed by atoms with van der Waals surface area (Å²) in [6, 6.07) is 14.3. The van der Waals surface area contributed by atoms with E-state index >= 15 is 0 Å². The van der Waals surface area contributed by atoms with Crippen LogP contribution in [0.2, 0.25) is 0 Å². The van der Waals surface area contributed by atoms with Gasteiger partial charge in [0.2, 0.25) is 0 Å². The van der Waals surface area contributed by atoms with Crippen LogP contribution in [0.5, 0.6) is 11.5 Å². The Morgan fingerprint density at radius 3 is 2.38 bits per heavy atom. The lowest BCUT2D eigenvalue weighted by molar-refractivity contribution is 0.200. The number of benzene rings is 2. The van der Waals surface area contributed by atoms with Gasteiger partial charge in [-0.25, -0.2) is 4.39 Å². The predicted octanol–water partition coefficient (Wildman–Crippen LogP) is 2.91. The van der Waals surface area contributed by atoms with Gasteiger partial charge in [0, 0.05) is 32.7 Å². The van der Waals surface area contributed by atoms with E-state index in [2.05, 4.69) is 9.80 Å². The Labute approximate surface area is 153 Å². The number of nitrogens with zero attached hydrogens (tertiary/aromatic N) is 3. The molecule has 6 heteroatoms. The zero-order valence-corrected chi connectivity index (χ0v) is 14.8. The normalized spacial score (nSPS) is 14.7. The first-order valence-electron chi connectivity index (χ1n) is 8.64. The second kappa shape index (κ2) is 8.54. The molecule has 1 aliphatic rings. The molecule has 0 aromatic heterocycles. The van der Waals surface area contributed by atoms with Gasteiger partial charge in [0.25, 0.3) is 0 Å². The van der Waals surface area contributed by atoms with Gasteiger partial charge in [0.1, 0.15) is 35.6 Å². The molecule has 0 atom stereocenters. The highest BCUT2D eigenvalue weighted by Gasteiger charge is 2.20. The first-order valence-corrected chi connectivity index (χ1v) is 8.64. The average molecular weight is 355 g/mol. The molecule has 1 aliphatic heterocycles. The molecule has 0 saturated carbocycles. The molecule has 0 unspecified atom stereocenters. The standard InChI is InChI=1S/C20H22FN3O2/c1-25-16-5-7-17(8-6-16)26-14-13-23-9-11-24(12-10-23)20-4-2-3-19(21)18(20)15-22/h2-8H,9-14H2,1H3. The van der Waals surface area contributed by atoms with Gasteiger partial charge in [0.15, 0.2) is 0 Å². The minimum atomic E-state index is -0.458. The average Bonchev–Trinajstić information content (AvgIpc) is 2.69. The van der Waals surface area contributed by atoms with Crippen molar-refractivity contribution in [2.24, 2.45) is 0 Å². The van der Waals surface area contributed by atoms with Crippen LogP contribution in [0.25, 0.3) is 0 Å². The number of anilines is 1. The Bertz CT molecular complexity index is 766. The Kier molecular flexibility index (Phi) is 5.92. The van der Waals surface area contributed by atoms with Gasteiger partial charge < -0.3 is 14.4 Å². The number of halogens is 1. The predicted molar refractivity (Wildman–Crippen MR) is 98.3 cm³/mol. The summed E-state index contributed by atoms with van der Waals surface area (Å²) in [7, 11) is 1.64. The van der Waals surface area contributed by atoms with Gasteiger partial charge in [-0.1, -0.05) is 6.07 Å². The maximum atomic E-state index is 13.8. The maximum Gasteiger partial charge on any atom is 0.143 e. The molecule has 2 aromatic carbocycles. The zero-order valence-electron chi connectivity index (χ0n) is 14.8. The molecule has 1 fully saturated rings. The molecular weight excluding hydrogens is 333 g/mol. The molecule has 0 bridgehead atoms. The number of rotatable bonds is 6. The third-order valence-corrected chi connectivity index (χ3v) is 4.55. The summed E-state index contributed by atoms with van der Waals surface area (Å²) < 4.78 is 24.7. The lowest BCUT2D eigenvalue weighted by Crippen LogP contribution is -2.47. The highest BCUT2D eigenvalue weighted by atomic mass is 19.1. The fourth-order valence-corrected chi connectivity index (χ4v) is 3.06. The van der Waals surface area contributed by atoms with Crippen LogP contribution in [0.15, 0.2) is 42.5 Å². The molecule has 0 N–H and O–H groups in total. The summed E-state index contributed by atoms with van der Waals surface area (Å²) in [4.78, 5) is 4.38. The van der Waals surface area contributed by atoms with Crippen LogP contribution in [0, 0.1) is 17.1 Å². The number of ether oxygens (including phenoxy) is 2. The quantitative estimate of drug-likeness (QED) is 0.797. The Morgan fingerprint density at radius 2 is 1.73 bits per heavy atom. The molecule has 26 heavy (non-hydrogen) atoms. The summed E-state index contributed by atoms with van der Waals surface area (Å²) in [5.41, 5.74) is 0.811. The van der Waals surface area contributed by atoms with Crippen molar-refractivity contribution < 1.29 is 13.9 Å². The molecular formula is C20H22FN3O2. The minimum absolute atomic E-state index is 0.129. The van der Waals surface area contributed by atoms with Crippen LogP contribution >= 0.6 is 0 Å². The van der Waals surface area contributed by atoms with Gasteiger partial charge in [-0.15, -0.1) is 0 Å². The largest absolute Gasteiger partial charge is 0.497 e. The number of hydrogen-bond donors (Lipinski definition) is 0. The molecule has 0 aliphatic carbocycles. The number of hydrogen-bond acceptors (Lipinski definition) is 5. The second-order valence-corrected chi connectivity index (χ2v) is 6.10. The van der Waals surface area contributed by atoms with Crippen LogP contribution in [0.3, 0.4) is 0 Å². The van der Waals surface area contributed by atoms with E-state index in [9.17, 15) is 9.65 Å². The molecule has 0 amide bonds. The van der Waals surface area contributed by atoms with E-state index in [0.29, 0.717) is 12.3 Å². The first kappa shape index (κ1) is 18.0. The van der Waals surface area contributed by atoms with Gasteiger partial charge in [-0.3, -0.25) is 4.90 Å². The highest BCUT2D eigenvalue weighted by Crippen LogP contribution is 2.23. The van der Waals surface area contributed by atoms with Gasteiger partial charge in [-0.2, -0.15) is 5.26 Å². The molecule has 136 valence electrons. The molecule has 0 radical (unpaired) electrons. The third kappa shape index (κ3) is 4.24. The SMILES string of the molecule is COc1ccc(OCCN2CCN(c3cccc(F)c3C#N)CC2)cc1. The van der Waals surface area contributed by atoms with Gasteiger partial charge in [0.05, 0.1) is 12.8 Å². The number of piperazine rings is 1. The molecule has 0 spiro atoms. The topological polar surface area (TPSA) is 48.7 Å². The van der Waals surface area contributed by atoms with Crippen molar-refractivity contribution in [1.29, 1.82) is 5.26 Å². The lowest BCUT2D eigenvalue weighted by atomic mass is 10.1. The zero-order chi connectivity index (χ0) is 18.4. The summed E-state index contributed by atoms with van der Waals surface area (Å²) in [5, 5.41) is 9.19. The van der Waals surface area contributed by atoms with Gasteiger partial charge in [-0.05, 0) is 36.4 Å². The van der Waals surface area contributed by atoms with Crippen molar-refractivity contribution in [2.75, 3.05) is 51.3 Å². The summed E-state index contributed by atoms with van der Waals surface area (Å²) in [6.45, 7) is 4.67. The smallest absolute Gasteiger partial charge is 0.143 e. The van der Waals surface area contributed by atoms with Crippen molar-refractivity contribution in [2.45, 2.75) is 0 Å². The number of nitriles is 1. The van der Waals surface area contributed by atoms with Crippen LogP contribution < -0.4 is 14.4 Å². The van der Waals surface area contributed by atoms with Crippen LogP contribution in [0.1, 0.15) is 5.56 Å². The lowest BCUT2D eigenvalue weighted by Gasteiger charge is -2.36. The molecule has 3 rings (SSSR count). The van der Waals surface area contributed by atoms with Crippen molar-refractivity contribution in [3.8, 4) is 17.6 Å². The molecule has 2 aromatic rings. The Morgan fingerprint density at radius 1 is 1.04 bits per heavy atom. The molecule has 1 heterocycles. The van der Waals surface area contributed by atoms with Crippen LogP contribution in [-0.2, 0) is 0 Å². The van der Waals surface area contributed by atoms with E-state index in [-0.39, 0.29) is 5.56 Å². The van der Waals surface area contributed by atoms with Crippen molar-refractivity contribution >= 4 is 5.69 Å². The molecule has 1 saturated heterocycles. The van der Waals surface area contributed by atoms with Crippen molar-refractivity contribution in [1.82, 2.24) is 4.90 Å². The Balaban J connectivity index is 1.47. The van der Waals surface area contributed by atoms with E-state index in [1.54, 1.807) is 13.2 Å². The summed E-state index contributed by atoms with van der Waals surface area (Å²) in [6.07, 6.45) is 0. The van der Waals surface area contributed by atoms with E-state index < -0.39 is 5.82 Å². The summed E-state index contributed by atoms with van der Waals surface area (Å²) in [5.74, 6) is 1.17. The van der Waals surface area contributed by atoms with E-state index in [1.165, 1.54) is 6.07 Å². The van der Waals surface area contributed by atoms with E-state index in [0.717, 1.165) is 44.2 Å². The van der Waals surface area contributed by atoms with Crippen LogP contribution in [0.4, 0.5) is 10.1 Å². The molecule has 5 nitrogen and oxygen atoms in total. The second-order valence-electron chi connectivity index (χ2n) is 6.10. The fraction of sp³-hybridized carbons (Fsp3) is 0.350. The third-order valence-electron chi connectivity index (χ3n) is 4.55. The van der Waals surface area contributed by atoms with Crippen molar-refractivity contribution in [3.63, 3.8) is 0 Å². The van der Waals surface area contributed by atoms with E-state index in [4.69, 9.17) is 9.47 Å². The first-order chi connectivity index (χ1) is 12.7. The minimum Gasteiger partial charge on any atom is -0.497 e. The summed E-state index contributed by atoms with van der Waals surface area (Å²) >= 11 is 0. The highest BCUT2D eigenvalue weighted by molar-refractivity contribution is 5.60. The van der Waals surface area contributed by atoms with Crippen LogP contribution in [-0.4, -0.2) is 51.3 Å². The number of methoxy groups -OCH3 is 1. The Hall–Kier alpha value is -2.78.